The van der Waals surface area contributed by atoms with E-state index >= 15 is 0 Å². The normalized spacial score (nSPS) is 10.4. The molecular weight excluding hydrogens is 326 g/mol. The van der Waals surface area contributed by atoms with Crippen molar-refractivity contribution in [2.75, 3.05) is 5.32 Å². The van der Waals surface area contributed by atoms with Crippen molar-refractivity contribution in [1.82, 2.24) is 20.2 Å². The molecule has 0 saturated heterocycles. The van der Waals surface area contributed by atoms with Crippen LogP contribution in [0.3, 0.4) is 0 Å². The van der Waals surface area contributed by atoms with Crippen LogP contribution in [0.25, 0.3) is 0 Å². The minimum atomic E-state index is -0.356. The number of aromatic amines is 1. The number of benzene rings is 1. The number of anilines is 1. The molecule has 0 saturated carbocycles. The van der Waals surface area contributed by atoms with E-state index in [0.29, 0.717) is 21.5 Å². The van der Waals surface area contributed by atoms with E-state index in [1.165, 1.54) is 17.7 Å². The van der Waals surface area contributed by atoms with Gasteiger partial charge >= 0.3 is 0 Å². The van der Waals surface area contributed by atoms with Crippen molar-refractivity contribution < 1.29 is 9.53 Å². The van der Waals surface area contributed by atoms with E-state index in [2.05, 4.69) is 25.5 Å². The standard InChI is InChI=1S/C13H10ClN5O2S/c14-8-1-3-9(4-2-8)21-5-11-17-10(6-22-11)12(20)18-13-15-7-16-19-13/h1-4,6-7H,5H2,(H2,15,16,18,19,20). The molecule has 0 unspecified atom stereocenters. The summed E-state index contributed by atoms with van der Waals surface area (Å²) in [5, 5.41) is 11.7. The third-order valence-corrected chi connectivity index (χ3v) is 3.68. The maximum absolute atomic E-state index is 11.9. The van der Waals surface area contributed by atoms with Crippen LogP contribution in [0.1, 0.15) is 15.5 Å². The van der Waals surface area contributed by atoms with Crippen molar-refractivity contribution in [2.24, 2.45) is 0 Å². The lowest BCUT2D eigenvalue weighted by molar-refractivity contribution is 0.102. The molecule has 2 heterocycles. The van der Waals surface area contributed by atoms with Gasteiger partial charge in [0.2, 0.25) is 5.95 Å². The van der Waals surface area contributed by atoms with Crippen LogP contribution in [-0.4, -0.2) is 26.1 Å². The van der Waals surface area contributed by atoms with E-state index in [-0.39, 0.29) is 18.5 Å². The molecule has 0 aliphatic carbocycles. The van der Waals surface area contributed by atoms with Crippen molar-refractivity contribution in [3.63, 3.8) is 0 Å². The maximum atomic E-state index is 11.9. The number of amides is 1. The Bertz CT molecular complexity index is 757. The van der Waals surface area contributed by atoms with Gasteiger partial charge in [0.05, 0.1) is 0 Å². The summed E-state index contributed by atoms with van der Waals surface area (Å²) in [6.07, 6.45) is 1.31. The van der Waals surface area contributed by atoms with Crippen LogP contribution in [0.5, 0.6) is 5.75 Å². The highest BCUT2D eigenvalue weighted by atomic mass is 35.5. The van der Waals surface area contributed by atoms with Crippen LogP contribution < -0.4 is 10.1 Å². The Morgan fingerprint density at radius 1 is 1.36 bits per heavy atom. The van der Waals surface area contributed by atoms with Gasteiger partial charge in [-0.05, 0) is 24.3 Å². The number of nitrogens with zero attached hydrogens (tertiary/aromatic N) is 3. The molecule has 112 valence electrons. The van der Waals surface area contributed by atoms with Gasteiger partial charge in [0.1, 0.15) is 29.4 Å². The summed E-state index contributed by atoms with van der Waals surface area (Å²) in [5.74, 6) is 0.606. The van der Waals surface area contributed by atoms with Gasteiger partial charge in [0.25, 0.3) is 5.91 Å². The molecule has 7 nitrogen and oxygen atoms in total. The monoisotopic (exact) mass is 335 g/mol. The van der Waals surface area contributed by atoms with E-state index in [4.69, 9.17) is 16.3 Å². The van der Waals surface area contributed by atoms with Crippen molar-refractivity contribution in [3.05, 3.63) is 51.7 Å². The number of rotatable bonds is 5. The van der Waals surface area contributed by atoms with Gasteiger partial charge in [-0.1, -0.05) is 11.6 Å². The summed E-state index contributed by atoms with van der Waals surface area (Å²) >= 11 is 7.15. The number of ether oxygens (including phenoxy) is 1. The van der Waals surface area contributed by atoms with E-state index in [0.717, 1.165) is 0 Å². The molecule has 0 aliphatic heterocycles. The van der Waals surface area contributed by atoms with Crippen LogP contribution in [-0.2, 0) is 6.61 Å². The first-order valence-electron chi connectivity index (χ1n) is 6.20. The number of halogens is 1. The molecule has 3 aromatic rings. The number of thiazole rings is 1. The Morgan fingerprint density at radius 2 is 2.18 bits per heavy atom. The Morgan fingerprint density at radius 3 is 2.91 bits per heavy atom. The van der Waals surface area contributed by atoms with Crippen molar-refractivity contribution >= 4 is 34.8 Å². The molecule has 0 radical (unpaired) electrons. The number of H-pyrrole nitrogens is 1. The first kappa shape index (κ1) is 14.5. The van der Waals surface area contributed by atoms with Crippen LogP contribution in [0.15, 0.2) is 36.0 Å². The molecular formula is C13H10ClN5O2S. The lowest BCUT2D eigenvalue weighted by Crippen LogP contribution is -2.13. The molecule has 0 aliphatic rings. The van der Waals surface area contributed by atoms with Crippen LogP contribution in [0, 0.1) is 0 Å². The smallest absolute Gasteiger partial charge is 0.277 e. The fourth-order valence-electron chi connectivity index (χ4n) is 1.59. The number of aromatic nitrogens is 4. The molecule has 1 aromatic carbocycles. The summed E-state index contributed by atoms with van der Waals surface area (Å²) in [5.41, 5.74) is 0.302. The molecule has 0 spiro atoms. The molecule has 2 N–H and O–H groups in total. The first-order chi connectivity index (χ1) is 10.7. The number of carbonyl (C=O) groups is 1. The third-order valence-electron chi connectivity index (χ3n) is 2.61. The first-order valence-corrected chi connectivity index (χ1v) is 7.46. The maximum Gasteiger partial charge on any atom is 0.277 e. The summed E-state index contributed by atoms with van der Waals surface area (Å²) in [7, 11) is 0. The Balaban J connectivity index is 1.58. The van der Waals surface area contributed by atoms with E-state index in [9.17, 15) is 4.79 Å². The summed E-state index contributed by atoms with van der Waals surface area (Å²) in [6.45, 7) is 0.280. The molecule has 1 amide bonds. The number of hydrogen-bond donors (Lipinski definition) is 2. The van der Waals surface area contributed by atoms with Crippen molar-refractivity contribution in [3.8, 4) is 5.75 Å². The zero-order chi connectivity index (χ0) is 15.4. The predicted octanol–water partition coefficient (Wildman–Crippen LogP) is 2.75. The third kappa shape index (κ3) is 3.60. The Kier molecular flexibility index (Phi) is 4.31. The largest absolute Gasteiger partial charge is 0.486 e. The number of hydrogen-bond acceptors (Lipinski definition) is 6. The SMILES string of the molecule is O=C(Nc1ncn[nH]1)c1csc(COc2ccc(Cl)cc2)n1. The molecule has 0 fully saturated rings. The quantitative estimate of drug-likeness (QED) is 0.747. The second-order valence-corrected chi connectivity index (χ2v) is 5.54. The van der Waals surface area contributed by atoms with Gasteiger partial charge in [0.15, 0.2) is 0 Å². The van der Waals surface area contributed by atoms with Crippen LogP contribution in [0.2, 0.25) is 5.02 Å². The minimum absolute atomic E-state index is 0.275. The fraction of sp³-hybridized carbons (Fsp3) is 0.0769. The molecule has 3 rings (SSSR count). The van der Waals surface area contributed by atoms with Crippen LogP contribution in [0.4, 0.5) is 5.95 Å². The number of nitrogens with one attached hydrogen (secondary N) is 2. The highest BCUT2D eigenvalue weighted by Crippen LogP contribution is 2.18. The van der Waals surface area contributed by atoms with E-state index < -0.39 is 0 Å². The summed E-state index contributed by atoms with van der Waals surface area (Å²) < 4.78 is 5.58. The van der Waals surface area contributed by atoms with Gasteiger partial charge in [-0.15, -0.1) is 11.3 Å². The average molecular weight is 336 g/mol. The van der Waals surface area contributed by atoms with E-state index in [1.54, 1.807) is 29.6 Å². The molecule has 9 heteroatoms. The zero-order valence-corrected chi connectivity index (χ0v) is 12.7. The van der Waals surface area contributed by atoms with Gasteiger partial charge < -0.3 is 4.74 Å². The van der Waals surface area contributed by atoms with Gasteiger partial charge in [0, 0.05) is 10.4 Å². The number of carbonyl (C=O) groups excluding carboxylic acids is 1. The summed E-state index contributed by atoms with van der Waals surface area (Å²) in [4.78, 5) is 20.0. The minimum Gasteiger partial charge on any atom is -0.486 e. The second-order valence-electron chi connectivity index (χ2n) is 4.16. The second kappa shape index (κ2) is 6.54. The average Bonchev–Trinajstić information content (AvgIpc) is 3.18. The van der Waals surface area contributed by atoms with Gasteiger partial charge in [-0.25, -0.2) is 10.1 Å². The van der Waals surface area contributed by atoms with Gasteiger partial charge in [-0.3, -0.25) is 10.1 Å². The predicted molar refractivity (Wildman–Crippen MR) is 82.2 cm³/mol. The Hall–Kier alpha value is -2.45. The zero-order valence-electron chi connectivity index (χ0n) is 11.1. The highest BCUT2D eigenvalue weighted by molar-refractivity contribution is 7.09. The highest BCUT2D eigenvalue weighted by Gasteiger charge is 2.12. The van der Waals surface area contributed by atoms with Crippen molar-refractivity contribution in [1.29, 1.82) is 0 Å². The lowest BCUT2D eigenvalue weighted by atomic mass is 10.3. The van der Waals surface area contributed by atoms with Crippen molar-refractivity contribution in [2.45, 2.75) is 6.61 Å². The van der Waals surface area contributed by atoms with Gasteiger partial charge in [-0.2, -0.15) is 10.1 Å². The Labute approximate surface area is 134 Å². The van der Waals surface area contributed by atoms with Crippen LogP contribution >= 0.6 is 22.9 Å². The molecule has 22 heavy (non-hydrogen) atoms. The molecule has 0 bridgehead atoms. The van der Waals surface area contributed by atoms with E-state index in [1.807, 2.05) is 0 Å². The summed E-state index contributed by atoms with van der Waals surface area (Å²) in [6, 6.07) is 7.03. The molecule has 2 aromatic heterocycles. The topological polar surface area (TPSA) is 92.8 Å². The molecule has 0 atom stereocenters. The lowest BCUT2D eigenvalue weighted by Gasteiger charge is -2.03. The fourth-order valence-corrected chi connectivity index (χ4v) is 2.41.